The van der Waals surface area contributed by atoms with Gasteiger partial charge in [0, 0.05) is 13.0 Å². The summed E-state index contributed by atoms with van der Waals surface area (Å²) in [5.74, 6) is -0.329. The lowest BCUT2D eigenvalue weighted by atomic mass is 9.99. The van der Waals surface area contributed by atoms with Gasteiger partial charge in [0.15, 0.2) is 6.29 Å². The minimum Gasteiger partial charge on any atom is -0.457 e. The Morgan fingerprint density at radius 3 is 1.82 bits per heavy atom. The molecule has 0 saturated carbocycles. The highest BCUT2D eigenvalue weighted by atomic mass is 16.7. The summed E-state index contributed by atoms with van der Waals surface area (Å²) >= 11 is 0. The Bertz CT molecular complexity index is 900. The maximum Gasteiger partial charge on any atom is 0.306 e. The van der Waals surface area contributed by atoms with Crippen molar-refractivity contribution in [1.82, 2.24) is 0 Å². The highest BCUT2D eigenvalue weighted by molar-refractivity contribution is 5.69. The van der Waals surface area contributed by atoms with Crippen molar-refractivity contribution < 1.29 is 44.2 Å². The molecule has 1 aliphatic rings. The number of hydrogen-bond donors (Lipinski definition) is 4. The van der Waals surface area contributed by atoms with Crippen molar-refractivity contribution in [2.24, 2.45) is 0 Å². The molecule has 0 bridgehead atoms. The van der Waals surface area contributed by atoms with Gasteiger partial charge < -0.3 is 39.4 Å². The van der Waals surface area contributed by atoms with Crippen molar-refractivity contribution >= 4 is 5.97 Å². The molecule has 0 aliphatic carbocycles. The number of hydrogen-bond acceptors (Lipinski definition) is 9. The summed E-state index contributed by atoms with van der Waals surface area (Å²) in [7, 11) is 0. The fraction of sp³-hybridized carbons (Fsp3) is 0.780. The van der Waals surface area contributed by atoms with E-state index >= 15 is 0 Å². The lowest BCUT2D eigenvalue weighted by Crippen LogP contribution is -2.59. The first kappa shape index (κ1) is 46.2. The first-order valence-corrected chi connectivity index (χ1v) is 19.7. The fourth-order valence-electron chi connectivity index (χ4n) is 5.66. The lowest BCUT2D eigenvalue weighted by molar-refractivity contribution is -0.305. The summed E-state index contributed by atoms with van der Waals surface area (Å²) in [4.78, 5) is 12.7. The van der Waals surface area contributed by atoms with Crippen LogP contribution in [0.5, 0.6) is 0 Å². The topological polar surface area (TPSA) is 135 Å². The van der Waals surface area contributed by atoms with E-state index in [-0.39, 0.29) is 19.2 Å². The second-order valence-corrected chi connectivity index (χ2v) is 13.4. The lowest BCUT2D eigenvalue weighted by Gasteiger charge is -2.39. The summed E-state index contributed by atoms with van der Waals surface area (Å²) < 4.78 is 22.7. The second kappa shape index (κ2) is 33.0. The van der Waals surface area contributed by atoms with Crippen LogP contribution in [-0.4, -0.2) is 89.6 Å². The average molecular weight is 709 g/mol. The summed E-state index contributed by atoms with van der Waals surface area (Å²) in [6.45, 7) is 4.34. The molecule has 0 aromatic carbocycles. The molecule has 0 aromatic rings. The molecule has 1 rings (SSSR count). The monoisotopic (exact) mass is 709 g/mol. The van der Waals surface area contributed by atoms with Gasteiger partial charge >= 0.3 is 5.97 Å². The molecule has 50 heavy (non-hydrogen) atoms. The number of unbranched alkanes of at least 4 members (excludes halogenated alkanes) is 13. The van der Waals surface area contributed by atoms with Crippen LogP contribution in [0.4, 0.5) is 0 Å². The highest BCUT2D eigenvalue weighted by Gasteiger charge is 2.44. The third-order valence-electron chi connectivity index (χ3n) is 8.76. The molecule has 4 N–H and O–H groups in total. The predicted molar refractivity (Wildman–Crippen MR) is 201 cm³/mol. The fourth-order valence-corrected chi connectivity index (χ4v) is 5.66. The van der Waals surface area contributed by atoms with E-state index in [4.69, 9.17) is 18.9 Å². The van der Waals surface area contributed by atoms with Gasteiger partial charge in [0.1, 0.15) is 30.5 Å². The molecule has 9 heteroatoms. The number of aliphatic hydroxyl groups excluding tert-OH is 4. The van der Waals surface area contributed by atoms with Gasteiger partial charge in [-0.25, -0.2) is 0 Å². The number of allylic oxidation sites excluding steroid dienone is 8. The Kier molecular flexibility index (Phi) is 30.5. The van der Waals surface area contributed by atoms with Gasteiger partial charge in [0.25, 0.3) is 0 Å². The van der Waals surface area contributed by atoms with Crippen molar-refractivity contribution in [3.05, 3.63) is 48.6 Å². The first-order valence-electron chi connectivity index (χ1n) is 19.7. The van der Waals surface area contributed by atoms with Crippen LogP contribution in [-0.2, 0) is 23.7 Å². The predicted octanol–water partition coefficient (Wildman–Crippen LogP) is 7.80. The first-order chi connectivity index (χ1) is 24.4. The summed E-state index contributed by atoms with van der Waals surface area (Å²) in [5.41, 5.74) is 0. The summed E-state index contributed by atoms with van der Waals surface area (Å²) in [6.07, 6.45) is 31.4. The zero-order valence-corrected chi connectivity index (χ0v) is 31.4. The third-order valence-corrected chi connectivity index (χ3v) is 8.76. The molecule has 290 valence electrons. The van der Waals surface area contributed by atoms with Crippen LogP contribution in [0.3, 0.4) is 0 Å². The van der Waals surface area contributed by atoms with E-state index in [9.17, 15) is 25.2 Å². The smallest absolute Gasteiger partial charge is 0.306 e. The van der Waals surface area contributed by atoms with Crippen LogP contribution >= 0.6 is 0 Å². The quantitative estimate of drug-likeness (QED) is 0.0314. The van der Waals surface area contributed by atoms with Gasteiger partial charge in [-0.05, 0) is 51.4 Å². The van der Waals surface area contributed by atoms with Crippen molar-refractivity contribution in [2.45, 2.75) is 179 Å². The molecule has 0 spiro atoms. The number of carbonyl (C=O) groups excluding carboxylic acids is 1. The molecule has 0 aromatic heterocycles. The molecular formula is C41H72O9. The number of carbonyl (C=O) groups is 1. The van der Waals surface area contributed by atoms with E-state index < -0.39 is 43.4 Å². The van der Waals surface area contributed by atoms with Gasteiger partial charge in [-0.1, -0.05) is 133 Å². The Labute approximate surface area is 303 Å². The Morgan fingerprint density at radius 1 is 0.660 bits per heavy atom. The largest absolute Gasteiger partial charge is 0.457 e. The Hall–Kier alpha value is -1.85. The molecule has 0 amide bonds. The van der Waals surface area contributed by atoms with E-state index in [1.165, 1.54) is 51.4 Å². The van der Waals surface area contributed by atoms with Crippen molar-refractivity contribution in [3.8, 4) is 0 Å². The van der Waals surface area contributed by atoms with Crippen LogP contribution in [0.1, 0.15) is 142 Å². The molecule has 6 unspecified atom stereocenters. The molecule has 1 saturated heterocycles. The molecule has 0 radical (unpaired) electrons. The van der Waals surface area contributed by atoms with Gasteiger partial charge in [0.2, 0.25) is 0 Å². The normalized spacial score (nSPS) is 22.1. The Morgan fingerprint density at radius 2 is 1.22 bits per heavy atom. The molecule has 9 nitrogen and oxygen atoms in total. The van der Waals surface area contributed by atoms with Crippen molar-refractivity contribution in [2.75, 3.05) is 26.4 Å². The van der Waals surface area contributed by atoms with E-state index in [0.29, 0.717) is 13.0 Å². The standard InChI is InChI=1S/C41H72O9/c1-3-5-7-9-11-13-15-16-17-18-19-21-23-25-27-29-31-47-33-35(34-48-41-40(46)39(45)38(44)36(32-42)50-41)49-37(43)30-28-26-24-22-20-14-12-10-8-6-4-2/h5,7,11,13,16-17,19,21,35-36,38-42,44-46H,3-4,6,8-10,12,14-15,18,20,22-34H2,1-2H3/b7-5-,13-11-,17-16-,21-19-. The molecular weight excluding hydrogens is 636 g/mol. The molecule has 1 heterocycles. The van der Waals surface area contributed by atoms with E-state index in [2.05, 4.69) is 62.5 Å². The Balaban J connectivity index is 2.35. The van der Waals surface area contributed by atoms with Crippen molar-refractivity contribution in [3.63, 3.8) is 0 Å². The van der Waals surface area contributed by atoms with Gasteiger partial charge in [-0.15, -0.1) is 0 Å². The van der Waals surface area contributed by atoms with Crippen LogP contribution in [0, 0.1) is 0 Å². The summed E-state index contributed by atoms with van der Waals surface area (Å²) in [6, 6.07) is 0. The minimum atomic E-state index is -1.54. The maximum absolute atomic E-state index is 12.7. The van der Waals surface area contributed by atoms with E-state index in [1.807, 2.05) is 0 Å². The zero-order chi connectivity index (χ0) is 36.5. The van der Waals surface area contributed by atoms with Crippen molar-refractivity contribution in [1.29, 1.82) is 0 Å². The van der Waals surface area contributed by atoms with Crippen LogP contribution in [0.2, 0.25) is 0 Å². The van der Waals surface area contributed by atoms with Crippen LogP contribution in [0.25, 0.3) is 0 Å². The molecule has 6 atom stereocenters. The van der Waals surface area contributed by atoms with Crippen LogP contribution in [0.15, 0.2) is 48.6 Å². The van der Waals surface area contributed by atoms with Crippen LogP contribution < -0.4 is 0 Å². The third kappa shape index (κ3) is 24.4. The zero-order valence-electron chi connectivity index (χ0n) is 31.4. The van der Waals surface area contributed by atoms with Gasteiger partial charge in [-0.3, -0.25) is 4.79 Å². The number of ether oxygens (including phenoxy) is 4. The van der Waals surface area contributed by atoms with Gasteiger partial charge in [0.05, 0.1) is 19.8 Å². The molecule has 1 aliphatic heterocycles. The van der Waals surface area contributed by atoms with Gasteiger partial charge in [-0.2, -0.15) is 0 Å². The minimum absolute atomic E-state index is 0.123. The summed E-state index contributed by atoms with van der Waals surface area (Å²) in [5, 5.41) is 39.9. The number of esters is 1. The number of rotatable bonds is 32. The maximum atomic E-state index is 12.7. The second-order valence-electron chi connectivity index (χ2n) is 13.4. The highest BCUT2D eigenvalue weighted by Crippen LogP contribution is 2.22. The SMILES string of the molecule is CC/C=C\C/C=C\C/C=C\C/C=C\CCCCCOCC(COC1OC(CO)C(O)C(O)C1O)OC(=O)CCCCCCCCCCCCC. The number of aliphatic hydroxyl groups is 4. The van der Waals surface area contributed by atoms with E-state index in [1.54, 1.807) is 0 Å². The molecule has 1 fully saturated rings. The van der Waals surface area contributed by atoms with E-state index in [0.717, 1.165) is 70.6 Å². The average Bonchev–Trinajstić information content (AvgIpc) is 3.11.